The van der Waals surface area contributed by atoms with Crippen LogP contribution in [0.15, 0.2) is 128 Å². The van der Waals surface area contributed by atoms with E-state index in [0.29, 0.717) is 69.7 Å². The molecule has 0 radical (unpaired) electrons. The molecule has 0 bridgehead atoms. The quantitative estimate of drug-likeness (QED) is 0.0292. The zero-order chi connectivity index (χ0) is 102. The number of pyridine rings is 4. The van der Waals surface area contributed by atoms with E-state index in [1.807, 2.05) is 139 Å². The molecular formula is C110H128F4N32. The van der Waals surface area contributed by atoms with Crippen LogP contribution in [0, 0.1) is 77.7 Å². The maximum Gasteiger partial charge on any atom is 0.229 e. The summed E-state index contributed by atoms with van der Waals surface area (Å²) >= 11 is 0. The Morgan fingerprint density at radius 1 is 0.342 bits per heavy atom. The summed E-state index contributed by atoms with van der Waals surface area (Å²) in [6.07, 6.45) is 18.1. The fourth-order valence-corrected chi connectivity index (χ4v) is 22.3. The third-order valence-electron chi connectivity index (χ3n) is 30.3. The summed E-state index contributed by atoms with van der Waals surface area (Å²) in [5.74, 6) is 12.8. The maximum absolute atomic E-state index is 15.0. The summed E-state index contributed by atoms with van der Waals surface area (Å²) in [6.45, 7) is 46.3. The standard InChI is InChI=1S/C29H34FN7.C28H33FN8.C27H31FN8.C26H30FN9/c1-17-13-21(15-23-26(17)35-25-7-10-29(3,4)37(23)25)27-22(30)16-32-28(36-27)34-24-6-5-20(18(2)33-24)14-19-8-11-31-12-9-19;1-17-13-20(14-22-25(17)34-24-7-8-28(3,4)37(22)24)26-21(29)15-31-27(35-26)33-23-6-5-19(18(2)32-23)16-36-11-9-30-10-12-36;1-16-13-18(14-21-24(16)33-23-7-8-27(3,4)36(21)23)25-19(28)15-30-26(34-25)32-22-6-5-20(17(2)31-22)35-11-9-29-10-12-35;1-16-12-17(13-20-23(16)32-22-6-7-26(2,3)36(20)22)24-19(27)15-30-25(33-24)31-21-5-4-18(14-29-21)34-8-10-35(28)11-9-34/h5-6,13,15-16,19,31H,7-12,14H2,1-4H3,(H,32,33,34,36);5-6,13-15,30H,7-12,16H2,1-4H3,(H,31,32,33,35);5-6,13-15,29H,7-12H2,1-4H3,(H,30,31,32,34);4-5,12-15H,6-11,28H2,1-3H3,(H,29,30,31,33). The highest BCUT2D eigenvalue weighted by molar-refractivity contribution is 5.90. The summed E-state index contributed by atoms with van der Waals surface area (Å²) in [5.41, 5.74) is 23.4. The van der Waals surface area contributed by atoms with Gasteiger partial charge in [-0.3, -0.25) is 10.7 Å². The molecule has 0 unspecified atom stereocenters. The molecule has 4 saturated heterocycles. The van der Waals surface area contributed by atoms with Gasteiger partial charge < -0.3 is 65.3 Å². The summed E-state index contributed by atoms with van der Waals surface area (Å²) in [4.78, 5) is 80.2. The lowest BCUT2D eigenvalue weighted by atomic mass is 9.90. The third-order valence-corrected chi connectivity index (χ3v) is 30.3. The maximum atomic E-state index is 15.0. The van der Waals surface area contributed by atoms with Crippen LogP contribution < -0.4 is 52.9 Å². The number of aromatic nitrogens is 20. The number of rotatable bonds is 18. The summed E-state index contributed by atoms with van der Waals surface area (Å²) in [5, 5.41) is 24.6. The van der Waals surface area contributed by atoms with Crippen LogP contribution in [0.25, 0.3) is 89.2 Å². The van der Waals surface area contributed by atoms with Crippen molar-refractivity contribution < 1.29 is 17.6 Å². The molecule has 0 amide bonds. The van der Waals surface area contributed by atoms with Gasteiger partial charge in [-0.25, -0.2) is 102 Å². The summed E-state index contributed by atoms with van der Waals surface area (Å²) in [6, 6.07) is 31.8. The molecule has 4 aromatic carbocycles. The second kappa shape index (κ2) is 39.7. The SMILES string of the molecule is Cc1cc(-c2nc(Nc3ccc(N4CCN(N)CC4)cn3)ncc2F)cc2c1nc1n2C(C)(C)CC1.Cc1nc(Nc2ncc(F)c(-c3cc(C)c4nc5n(c4c3)C(C)(C)CC5)n2)ccc1CC1CCNCC1.Cc1nc(Nc2ncc(F)c(-c3cc(C)c4nc5n(c4c3)C(C)(C)CC5)n2)ccc1CN1CCNCC1.Cc1nc(Nc2ncc(F)c(-c3cc(C)c4nc5n(c4c3)C(C)(C)CC5)n2)ccc1N1CCNCC1. The first-order chi connectivity index (χ1) is 70.1. The molecule has 9 N–H and O–H groups in total. The molecule has 0 atom stereocenters. The van der Waals surface area contributed by atoms with Crippen molar-refractivity contribution in [2.45, 2.75) is 203 Å². The van der Waals surface area contributed by atoms with E-state index >= 15 is 8.78 Å². The molecule has 36 heteroatoms. The number of hydrazine groups is 1. The van der Waals surface area contributed by atoms with Crippen LogP contribution in [-0.2, 0) is 60.8 Å². The van der Waals surface area contributed by atoms with Crippen molar-refractivity contribution in [1.29, 1.82) is 0 Å². The molecule has 756 valence electrons. The van der Waals surface area contributed by atoms with Crippen LogP contribution in [0.2, 0.25) is 0 Å². The number of nitrogens with one attached hydrogen (secondary N) is 7. The molecule has 32 nitrogen and oxygen atoms in total. The normalized spacial score (nSPS) is 17.3. The minimum atomic E-state index is -0.470. The molecule has 146 heavy (non-hydrogen) atoms. The van der Waals surface area contributed by atoms with E-state index in [1.54, 1.807) is 0 Å². The molecule has 8 aliphatic heterocycles. The van der Waals surface area contributed by atoms with Gasteiger partial charge in [-0.15, -0.1) is 0 Å². The van der Waals surface area contributed by atoms with Crippen molar-refractivity contribution in [3.63, 3.8) is 0 Å². The van der Waals surface area contributed by atoms with Gasteiger partial charge in [-0.05, 0) is 286 Å². The Hall–Kier alpha value is -14.0. The van der Waals surface area contributed by atoms with Crippen LogP contribution in [0.1, 0.15) is 168 Å². The van der Waals surface area contributed by atoms with Crippen LogP contribution in [0.3, 0.4) is 0 Å². The van der Waals surface area contributed by atoms with Crippen molar-refractivity contribution in [1.82, 2.24) is 124 Å². The van der Waals surface area contributed by atoms with Gasteiger partial charge in [0.1, 0.15) is 69.3 Å². The number of nitrogens with two attached hydrogens (primary N) is 1. The number of imidazole rings is 4. The molecule has 20 heterocycles. The largest absolute Gasteiger partial charge is 0.368 e. The van der Waals surface area contributed by atoms with Gasteiger partial charge in [0.25, 0.3) is 0 Å². The predicted molar refractivity (Wildman–Crippen MR) is 567 cm³/mol. The van der Waals surface area contributed by atoms with Crippen molar-refractivity contribution in [3.05, 3.63) is 225 Å². The van der Waals surface area contributed by atoms with Gasteiger partial charge in [0.2, 0.25) is 23.8 Å². The monoisotopic (exact) mass is 1970 g/mol. The highest BCUT2D eigenvalue weighted by Gasteiger charge is 2.39. The molecule has 16 aromatic rings. The van der Waals surface area contributed by atoms with E-state index in [0.717, 1.165) is 280 Å². The second-order valence-electron chi connectivity index (χ2n) is 42.7. The Balaban J connectivity index is 0.000000114. The Morgan fingerprint density at radius 2 is 0.678 bits per heavy atom. The van der Waals surface area contributed by atoms with Gasteiger partial charge in [0, 0.05) is 167 Å². The molecular weight excluding hydrogens is 1850 g/mol. The number of piperidine rings is 1. The Bertz CT molecular complexity index is 7440. The van der Waals surface area contributed by atoms with Crippen LogP contribution in [0.5, 0.6) is 0 Å². The number of halogens is 4. The molecule has 12 aromatic heterocycles. The Labute approximate surface area is 847 Å². The van der Waals surface area contributed by atoms with E-state index < -0.39 is 23.3 Å². The zero-order valence-electron chi connectivity index (χ0n) is 85.9. The second-order valence-corrected chi connectivity index (χ2v) is 42.7. The van der Waals surface area contributed by atoms with Crippen molar-refractivity contribution in [2.24, 2.45) is 11.8 Å². The number of hydrogen-bond acceptors (Lipinski definition) is 28. The van der Waals surface area contributed by atoms with Crippen LogP contribution in [0.4, 0.5) is 76.0 Å². The molecule has 0 saturated carbocycles. The lowest BCUT2D eigenvalue weighted by Crippen LogP contribution is -2.49. The predicted octanol–water partition coefficient (Wildman–Crippen LogP) is 18.3. The van der Waals surface area contributed by atoms with E-state index in [-0.39, 0.29) is 44.9 Å². The first-order valence-corrected chi connectivity index (χ1v) is 51.2. The number of hydrogen-bond donors (Lipinski definition) is 8. The van der Waals surface area contributed by atoms with Crippen molar-refractivity contribution in [3.8, 4) is 45.0 Å². The Kier molecular flexibility index (Phi) is 26.7. The molecule has 0 aliphatic carbocycles. The minimum Gasteiger partial charge on any atom is -0.368 e. The van der Waals surface area contributed by atoms with Gasteiger partial charge in [0.15, 0.2) is 23.3 Å². The Morgan fingerprint density at radius 3 is 1.03 bits per heavy atom. The fraction of sp³-hybridized carbons (Fsp3) is 0.418. The van der Waals surface area contributed by atoms with E-state index in [9.17, 15) is 8.78 Å². The fourth-order valence-electron chi connectivity index (χ4n) is 22.3. The molecule has 8 aliphatic rings. The number of fused-ring (bicyclic) bond motifs is 12. The highest BCUT2D eigenvalue weighted by Crippen LogP contribution is 2.45. The molecule has 4 fully saturated rings. The first-order valence-electron chi connectivity index (χ1n) is 51.2. The van der Waals surface area contributed by atoms with E-state index in [4.69, 9.17) is 40.7 Å². The summed E-state index contributed by atoms with van der Waals surface area (Å²) in [7, 11) is 0. The van der Waals surface area contributed by atoms with E-state index in [1.165, 1.54) is 48.8 Å². The molecule has 24 rings (SSSR count). The summed E-state index contributed by atoms with van der Waals surface area (Å²) < 4.78 is 69.2. The smallest absolute Gasteiger partial charge is 0.229 e. The zero-order valence-corrected chi connectivity index (χ0v) is 85.9. The average molecular weight is 1970 g/mol. The lowest BCUT2D eigenvalue weighted by molar-refractivity contribution is 0.232. The first kappa shape index (κ1) is 98.0. The van der Waals surface area contributed by atoms with Crippen LogP contribution in [-0.4, -0.2) is 200 Å². The van der Waals surface area contributed by atoms with E-state index in [2.05, 4.69) is 189 Å². The minimum absolute atomic E-state index is 0.0182. The van der Waals surface area contributed by atoms with Gasteiger partial charge in [-0.2, -0.15) is 0 Å². The number of benzene rings is 4. The number of aryl methyl sites for hydroxylation is 11. The average Bonchev–Trinajstić information content (AvgIpc) is 1.59. The molecule has 0 spiro atoms. The van der Waals surface area contributed by atoms with Crippen molar-refractivity contribution in [2.75, 3.05) is 123 Å². The number of anilines is 10. The van der Waals surface area contributed by atoms with Gasteiger partial charge >= 0.3 is 0 Å². The topological polar surface area (TPSA) is 349 Å². The number of piperazine rings is 3. The van der Waals surface area contributed by atoms with Gasteiger partial charge in [0.05, 0.1) is 92.2 Å². The number of nitrogens with zero attached hydrogens (tertiary/aromatic N) is 24. The third kappa shape index (κ3) is 20.0. The highest BCUT2D eigenvalue weighted by atomic mass is 19.1. The van der Waals surface area contributed by atoms with Crippen molar-refractivity contribution >= 4 is 103 Å². The van der Waals surface area contributed by atoms with Crippen LogP contribution >= 0.6 is 0 Å². The van der Waals surface area contributed by atoms with Gasteiger partial charge in [-0.1, -0.05) is 12.1 Å². The lowest BCUT2D eigenvalue weighted by Gasteiger charge is -2.33.